The van der Waals surface area contributed by atoms with Crippen molar-refractivity contribution in [3.63, 3.8) is 0 Å². The molecule has 2 aromatic rings. The Balaban J connectivity index is 1.70. The number of amides is 1. The van der Waals surface area contributed by atoms with E-state index in [0.29, 0.717) is 12.2 Å². The fourth-order valence-corrected chi connectivity index (χ4v) is 1.97. The van der Waals surface area contributed by atoms with Crippen molar-refractivity contribution in [3.05, 3.63) is 42.6 Å². The van der Waals surface area contributed by atoms with Crippen LogP contribution in [0.1, 0.15) is 30.3 Å². The predicted octanol–water partition coefficient (Wildman–Crippen LogP) is 1.92. The Bertz CT molecular complexity index is 553. The smallest absolute Gasteiger partial charge is 0.269 e. The monoisotopic (exact) mass is 287 g/mol. The van der Waals surface area contributed by atoms with Crippen LogP contribution in [-0.2, 0) is 6.54 Å². The summed E-state index contributed by atoms with van der Waals surface area (Å²) in [7, 11) is 0. The normalized spacial score (nSPS) is 10.3. The molecule has 0 radical (unpaired) electrons. The summed E-state index contributed by atoms with van der Waals surface area (Å²) < 4.78 is 2.03. The first-order valence-electron chi connectivity index (χ1n) is 7.24. The van der Waals surface area contributed by atoms with Crippen LogP contribution in [0.2, 0.25) is 0 Å². The molecule has 2 aromatic heterocycles. The Morgan fingerprint density at radius 2 is 2.24 bits per heavy atom. The summed E-state index contributed by atoms with van der Waals surface area (Å²) in [5.74, 6) is 0.600. The molecule has 21 heavy (non-hydrogen) atoms. The number of hydrogen-bond donors (Lipinski definition) is 2. The standard InChI is InChI=1S/C15H21N5O/c1-2-17-14-7-5-6-13(19-14)15(21)18-8-3-4-10-20-11-9-16-12-20/h5-7,9,11-12H,2-4,8,10H2,1H3,(H,17,19)(H,18,21). The molecule has 0 saturated carbocycles. The zero-order valence-electron chi connectivity index (χ0n) is 12.2. The summed E-state index contributed by atoms with van der Waals surface area (Å²) in [5.41, 5.74) is 0.447. The number of aromatic nitrogens is 3. The molecule has 0 aliphatic carbocycles. The molecule has 6 heteroatoms. The highest BCUT2D eigenvalue weighted by Crippen LogP contribution is 2.04. The molecule has 0 fully saturated rings. The van der Waals surface area contributed by atoms with Gasteiger partial charge in [-0.05, 0) is 31.9 Å². The number of pyridine rings is 1. The lowest BCUT2D eigenvalue weighted by molar-refractivity contribution is 0.0948. The number of aryl methyl sites for hydroxylation is 1. The Labute approximate surface area is 124 Å². The molecule has 2 rings (SSSR count). The maximum Gasteiger partial charge on any atom is 0.269 e. The van der Waals surface area contributed by atoms with Crippen molar-refractivity contribution in [2.45, 2.75) is 26.3 Å². The summed E-state index contributed by atoms with van der Waals surface area (Å²) >= 11 is 0. The van der Waals surface area contributed by atoms with Gasteiger partial charge < -0.3 is 15.2 Å². The van der Waals surface area contributed by atoms with Gasteiger partial charge >= 0.3 is 0 Å². The summed E-state index contributed by atoms with van der Waals surface area (Å²) in [6.45, 7) is 4.35. The maximum absolute atomic E-state index is 12.0. The topological polar surface area (TPSA) is 71.8 Å². The summed E-state index contributed by atoms with van der Waals surface area (Å²) in [4.78, 5) is 20.2. The number of nitrogens with one attached hydrogen (secondary N) is 2. The van der Waals surface area contributed by atoms with Gasteiger partial charge in [-0.15, -0.1) is 0 Å². The second-order valence-corrected chi connectivity index (χ2v) is 4.70. The van der Waals surface area contributed by atoms with Crippen LogP contribution in [0.25, 0.3) is 0 Å². The molecule has 0 saturated heterocycles. The molecule has 0 aromatic carbocycles. The average Bonchev–Trinajstić information content (AvgIpc) is 3.01. The average molecular weight is 287 g/mol. The third-order valence-electron chi connectivity index (χ3n) is 3.03. The van der Waals surface area contributed by atoms with E-state index in [9.17, 15) is 4.79 Å². The Morgan fingerprint density at radius 3 is 3.00 bits per heavy atom. The zero-order valence-corrected chi connectivity index (χ0v) is 12.2. The van der Waals surface area contributed by atoms with Crippen LogP contribution in [0.5, 0.6) is 0 Å². The Hall–Kier alpha value is -2.37. The predicted molar refractivity (Wildman–Crippen MR) is 82.2 cm³/mol. The Kier molecular flexibility index (Phi) is 5.75. The lowest BCUT2D eigenvalue weighted by Crippen LogP contribution is -2.25. The first kappa shape index (κ1) is 15.0. The van der Waals surface area contributed by atoms with Gasteiger partial charge in [-0.3, -0.25) is 4.79 Å². The molecule has 0 aliphatic heterocycles. The minimum atomic E-state index is -0.127. The van der Waals surface area contributed by atoms with Gasteiger partial charge in [0.1, 0.15) is 11.5 Å². The third-order valence-corrected chi connectivity index (χ3v) is 3.03. The molecule has 2 heterocycles. The SMILES string of the molecule is CCNc1cccc(C(=O)NCCCCn2ccnc2)n1. The molecule has 0 atom stereocenters. The molecule has 0 aliphatic rings. The maximum atomic E-state index is 12.0. The molecular formula is C15H21N5O. The van der Waals surface area contributed by atoms with Crippen molar-refractivity contribution in [2.75, 3.05) is 18.4 Å². The first-order valence-corrected chi connectivity index (χ1v) is 7.24. The quantitative estimate of drug-likeness (QED) is 0.728. The summed E-state index contributed by atoms with van der Waals surface area (Å²) in [5, 5.41) is 5.99. The number of carbonyl (C=O) groups is 1. The van der Waals surface area contributed by atoms with Crippen molar-refractivity contribution in [1.29, 1.82) is 0 Å². The molecule has 6 nitrogen and oxygen atoms in total. The molecule has 0 unspecified atom stereocenters. The van der Waals surface area contributed by atoms with E-state index in [0.717, 1.165) is 31.7 Å². The van der Waals surface area contributed by atoms with Crippen molar-refractivity contribution in [2.24, 2.45) is 0 Å². The second kappa shape index (κ2) is 8.04. The zero-order chi connectivity index (χ0) is 14.9. The summed E-state index contributed by atoms with van der Waals surface area (Å²) in [6, 6.07) is 5.41. The van der Waals surface area contributed by atoms with Gasteiger partial charge in [0.05, 0.1) is 6.33 Å². The van der Waals surface area contributed by atoms with E-state index >= 15 is 0 Å². The van der Waals surface area contributed by atoms with Gasteiger partial charge in [-0.1, -0.05) is 6.07 Å². The number of nitrogens with zero attached hydrogens (tertiary/aromatic N) is 3. The number of imidazole rings is 1. The highest BCUT2D eigenvalue weighted by atomic mass is 16.1. The lowest BCUT2D eigenvalue weighted by Gasteiger charge is -2.07. The lowest BCUT2D eigenvalue weighted by atomic mass is 10.3. The molecule has 1 amide bonds. The molecular weight excluding hydrogens is 266 g/mol. The number of hydrogen-bond acceptors (Lipinski definition) is 4. The van der Waals surface area contributed by atoms with Crippen molar-refractivity contribution >= 4 is 11.7 Å². The summed E-state index contributed by atoms with van der Waals surface area (Å²) in [6.07, 6.45) is 7.44. The van der Waals surface area contributed by atoms with Crippen LogP contribution in [0, 0.1) is 0 Å². The van der Waals surface area contributed by atoms with Crippen molar-refractivity contribution < 1.29 is 4.79 Å². The molecule has 2 N–H and O–H groups in total. The fourth-order valence-electron chi connectivity index (χ4n) is 1.97. The van der Waals surface area contributed by atoms with Gasteiger partial charge in [-0.25, -0.2) is 9.97 Å². The van der Waals surface area contributed by atoms with Gasteiger partial charge in [0.15, 0.2) is 0 Å². The molecule has 0 bridgehead atoms. The van der Waals surface area contributed by atoms with E-state index in [4.69, 9.17) is 0 Å². The minimum absolute atomic E-state index is 0.127. The highest BCUT2D eigenvalue weighted by molar-refractivity contribution is 5.92. The van der Waals surface area contributed by atoms with Crippen molar-refractivity contribution in [1.82, 2.24) is 19.9 Å². The van der Waals surface area contributed by atoms with E-state index in [1.807, 2.05) is 29.8 Å². The number of rotatable bonds is 8. The third kappa shape index (κ3) is 4.91. The largest absolute Gasteiger partial charge is 0.370 e. The van der Waals surface area contributed by atoms with Crippen LogP contribution in [0.15, 0.2) is 36.9 Å². The van der Waals surface area contributed by atoms with Gasteiger partial charge in [0.2, 0.25) is 0 Å². The van der Waals surface area contributed by atoms with Gasteiger partial charge in [0, 0.05) is 32.0 Å². The highest BCUT2D eigenvalue weighted by Gasteiger charge is 2.06. The van der Waals surface area contributed by atoms with E-state index in [1.165, 1.54) is 0 Å². The van der Waals surface area contributed by atoms with Crippen LogP contribution < -0.4 is 10.6 Å². The molecule has 0 spiro atoms. The van der Waals surface area contributed by atoms with Gasteiger partial charge in [-0.2, -0.15) is 0 Å². The number of unbranched alkanes of at least 4 members (excludes halogenated alkanes) is 1. The van der Waals surface area contributed by atoms with Crippen molar-refractivity contribution in [3.8, 4) is 0 Å². The van der Waals surface area contributed by atoms with E-state index in [2.05, 4.69) is 20.6 Å². The van der Waals surface area contributed by atoms with E-state index in [-0.39, 0.29) is 5.91 Å². The van der Waals surface area contributed by atoms with Crippen LogP contribution in [0.4, 0.5) is 5.82 Å². The van der Waals surface area contributed by atoms with E-state index in [1.54, 1.807) is 18.6 Å². The number of anilines is 1. The van der Waals surface area contributed by atoms with Gasteiger partial charge in [0.25, 0.3) is 5.91 Å². The fraction of sp³-hybridized carbons (Fsp3) is 0.400. The number of carbonyl (C=O) groups excluding carboxylic acids is 1. The van der Waals surface area contributed by atoms with Crippen LogP contribution >= 0.6 is 0 Å². The minimum Gasteiger partial charge on any atom is -0.370 e. The van der Waals surface area contributed by atoms with Crippen LogP contribution in [-0.4, -0.2) is 33.5 Å². The second-order valence-electron chi connectivity index (χ2n) is 4.70. The molecule has 112 valence electrons. The Morgan fingerprint density at radius 1 is 1.33 bits per heavy atom. The van der Waals surface area contributed by atoms with Crippen LogP contribution in [0.3, 0.4) is 0 Å². The first-order chi connectivity index (χ1) is 10.3. The van der Waals surface area contributed by atoms with E-state index < -0.39 is 0 Å².